The second kappa shape index (κ2) is 8.95. The van der Waals surface area contributed by atoms with Crippen LogP contribution in [0.5, 0.6) is 5.75 Å². The molecule has 0 radical (unpaired) electrons. The molecule has 4 rings (SSSR count). The Morgan fingerprint density at radius 2 is 1.79 bits per heavy atom. The van der Waals surface area contributed by atoms with Gasteiger partial charge < -0.3 is 15.0 Å². The van der Waals surface area contributed by atoms with Crippen LogP contribution >= 0.6 is 0 Å². The van der Waals surface area contributed by atoms with Gasteiger partial charge in [0.15, 0.2) is 0 Å². The molecule has 1 aromatic heterocycles. The van der Waals surface area contributed by atoms with Gasteiger partial charge in [-0.05, 0) is 49.8 Å². The lowest BCUT2D eigenvalue weighted by molar-refractivity contribution is 0.402. The highest BCUT2D eigenvalue weighted by Crippen LogP contribution is 2.26. The molecule has 0 unspecified atom stereocenters. The summed E-state index contributed by atoms with van der Waals surface area (Å²) in [6, 6.07) is 20.7. The molecular formula is C24H28N4O. The third-order valence-electron chi connectivity index (χ3n) is 5.47. The largest absolute Gasteiger partial charge is 0.497 e. The number of benzene rings is 2. The zero-order valence-electron chi connectivity index (χ0n) is 17.1. The van der Waals surface area contributed by atoms with Gasteiger partial charge in [-0.2, -0.15) is 4.98 Å². The maximum Gasteiger partial charge on any atom is 0.229 e. The van der Waals surface area contributed by atoms with Crippen molar-refractivity contribution in [2.45, 2.75) is 26.2 Å². The molecule has 3 aromatic rings. The van der Waals surface area contributed by atoms with Crippen LogP contribution in [0.15, 0.2) is 60.7 Å². The van der Waals surface area contributed by atoms with Gasteiger partial charge in [-0.15, -0.1) is 0 Å². The zero-order chi connectivity index (χ0) is 20.1. The van der Waals surface area contributed by atoms with E-state index in [9.17, 15) is 0 Å². The number of rotatable bonds is 6. The minimum atomic E-state index is 0.625. The first-order valence-corrected chi connectivity index (χ1v) is 10.3. The van der Waals surface area contributed by atoms with Crippen molar-refractivity contribution in [2.24, 2.45) is 5.92 Å². The maximum absolute atomic E-state index is 5.30. The van der Waals surface area contributed by atoms with Gasteiger partial charge in [0, 0.05) is 36.6 Å². The van der Waals surface area contributed by atoms with E-state index in [1.165, 1.54) is 24.8 Å². The molecule has 5 nitrogen and oxygen atoms in total. The van der Waals surface area contributed by atoms with Crippen LogP contribution in [0.25, 0.3) is 0 Å². The molecule has 0 spiro atoms. The lowest BCUT2D eigenvalue weighted by atomic mass is 9.90. The van der Waals surface area contributed by atoms with E-state index in [2.05, 4.69) is 51.6 Å². The van der Waals surface area contributed by atoms with E-state index >= 15 is 0 Å². The summed E-state index contributed by atoms with van der Waals surface area (Å²) < 4.78 is 5.30. The Bertz CT molecular complexity index is 937. The molecule has 1 saturated heterocycles. The maximum atomic E-state index is 5.30. The van der Waals surface area contributed by atoms with E-state index in [-0.39, 0.29) is 0 Å². The molecule has 1 fully saturated rings. The third-order valence-corrected chi connectivity index (χ3v) is 5.47. The van der Waals surface area contributed by atoms with Gasteiger partial charge >= 0.3 is 0 Å². The lowest BCUT2D eigenvalue weighted by Gasteiger charge is -2.33. The van der Waals surface area contributed by atoms with Gasteiger partial charge in [-0.3, -0.25) is 0 Å². The molecule has 2 aromatic carbocycles. The highest BCUT2D eigenvalue weighted by Gasteiger charge is 2.21. The number of piperidine rings is 1. The first-order valence-electron chi connectivity index (χ1n) is 10.3. The summed E-state index contributed by atoms with van der Waals surface area (Å²) in [4.78, 5) is 11.7. The predicted octanol–water partition coefficient (Wildman–Crippen LogP) is 5.00. The van der Waals surface area contributed by atoms with Crippen molar-refractivity contribution in [1.29, 1.82) is 0 Å². The Hall–Kier alpha value is -3.08. The van der Waals surface area contributed by atoms with Gasteiger partial charge in [0.1, 0.15) is 11.6 Å². The van der Waals surface area contributed by atoms with Crippen molar-refractivity contribution >= 4 is 17.5 Å². The lowest BCUT2D eigenvalue weighted by Crippen LogP contribution is -2.35. The first-order chi connectivity index (χ1) is 14.2. The summed E-state index contributed by atoms with van der Waals surface area (Å²) >= 11 is 0. The molecule has 0 aliphatic carbocycles. The van der Waals surface area contributed by atoms with Crippen LogP contribution in [0.2, 0.25) is 0 Å². The highest BCUT2D eigenvalue weighted by atomic mass is 16.5. The fraction of sp³-hybridized carbons (Fsp3) is 0.333. The quantitative estimate of drug-likeness (QED) is 0.644. The van der Waals surface area contributed by atoms with Crippen molar-refractivity contribution in [3.63, 3.8) is 0 Å². The van der Waals surface area contributed by atoms with Crippen LogP contribution in [0.4, 0.5) is 17.5 Å². The number of aryl methyl sites for hydroxylation is 1. The number of hydrogen-bond donors (Lipinski definition) is 1. The number of nitrogens with one attached hydrogen (secondary N) is 1. The summed E-state index contributed by atoms with van der Waals surface area (Å²) in [6.07, 6.45) is 3.55. The minimum absolute atomic E-state index is 0.625. The van der Waals surface area contributed by atoms with Crippen molar-refractivity contribution < 1.29 is 4.74 Å². The average Bonchev–Trinajstić information content (AvgIpc) is 2.75. The van der Waals surface area contributed by atoms with E-state index in [0.717, 1.165) is 42.0 Å². The molecule has 0 atom stereocenters. The summed E-state index contributed by atoms with van der Waals surface area (Å²) in [6.45, 7) is 4.09. The van der Waals surface area contributed by atoms with E-state index in [1.54, 1.807) is 7.11 Å². The second-order valence-electron chi connectivity index (χ2n) is 7.67. The predicted molar refractivity (Wildman–Crippen MR) is 118 cm³/mol. The molecule has 150 valence electrons. The average molecular weight is 389 g/mol. The van der Waals surface area contributed by atoms with E-state index in [1.807, 2.05) is 31.2 Å². The molecule has 0 amide bonds. The molecule has 1 aliphatic rings. The van der Waals surface area contributed by atoms with E-state index in [0.29, 0.717) is 5.95 Å². The smallest absolute Gasteiger partial charge is 0.229 e. The monoisotopic (exact) mass is 388 g/mol. The summed E-state index contributed by atoms with van der Waals surface area (Å²) in [5, 5.41) is 3.31. The first kappa shape index (κ1) is 19.2. The number of ether oxygens (including phenoxy) is 1. The molecule has 0 saturated carbocycles. The highest BCUT2D eigenvalue weighted by molar-refractivity contribution is 5.57. The topological polar surface area (TPSA) is 50.3 Å². The molecule has 5 heteroatoms. The fourth-order valence-electron chi connectivity index (χ4n) is 3.91. The summed E-state index contributed by atoms with van der Waals surface area (Å²) in [7, 11) is 1.67. The number of aromatic nitrogens is 2. The molecule has 29 heavy (non-hydrogen) atoms. The van der Waals surface area contributed by atoms with Crippen LogP contribution < -0.4 is 15.0 Å². The Morgan fingerprint density at radius 1 is 1.00 bits per heavy atom. The Morgan fingerprint density at radius 3 is 2.55 bits per heavy atom. The number of anilines is 3. The van der Waals surface area contributed by atoms with Crippen molar-refractivity contribution in [2.75, 3.05) is 30.4 Å². The summed E-state index contributed by atoms with van der Waals surface area (Å²) in [5.74, 6) is 3.18. The van der Waals surface area contributed by atoms with Gasteiger partial charge in [-0.25, -0.2) is 4.98 Å². The molecule has 1 N–H and O–H groups in total. The Kier molecular flexibility index (Phi) is 5.94. The fourth-order valence-corrected chi connectivity index (χ4v) is 3.91. The molecule has 0 bridgehead atoms. The van der Waals surface area contributed by atoms with Gasteiger partial charge in [-0.1, -0.05) is 36.4 Å². The van der Waals surface area contributed by atoms with Crippen LogP contribution in [-0.2, 0) is 6.42 Å². The number of hydrogen-bond acceptors (Lipinski definition) is 5. The van der Waals surface area contributed by atoms with Crippen LogP contribution in [0, 0.1) is 12.8 Å². The Balaban J connectivity index is 1.41. The van der Waals surface area contributed by atoms with Crippen molar-refractivity contribution in [3.05, 3.63) is 71.9 Å². The standard InChI is InChI=1S/C24H28N4O/c1-18-15-23(27-24(25-18)26-21-9-6-10-22(17-21)29-2)28-13-11-20(12-14-28)16-19-7-4-3-5-8-19/h3-10,15,17,20H,11-14,16H2,1-2H3,(H,25,26,27). The number of methoxy groups -OCH3 is 1. The third kappa shape index (κ3) is 5.05. The second-order valence-corrected chi connectivity index (χ2v) is 7.67. The zero-order valence-corrected chi connectivity index (χ0v) is 17.1. The molecular weight excluding hydrogens is 360 g/mol. The van der Waals surface area contributed by atoms with Crippen molar-refractivity contribution in [3.8, 4) is 5.75 Å². The molecule has 2 heterocycles. The SMILES string of the molecule is COc1cccc(Nc2nc(C)cc(N3CCC(Cc4ccccc4)CC3)n2)c1. The van der Waals surface area contributed by atoms with Gasteiger partial charge in [0.05, 0.1) is 7.11 Å². The van der Waals surface area contributed by atoms with Gasteiger partial charge in [0.2, 0.25) is 5.95 Å². The van der Waals surface area contributed by atoms with Crippen molar-refractivity contribution in [1.82, 2.24) is 9.97 Å². The Labute approximate surface area is 172 Å². The van der Waals surface area contributed by atoms with Crippen LogP contribution in [-0.4, -0.2) is 30.2 Å². The summed E-state index contributed by atoms with van der Waals surface area (Å²) in [5.41, 5.74) is 3.32. The van der Waals surface area contributed by atoms with Crippen LogP contribution in [0.1, 0.15) is 24.1 Å². The van der Waals surface area contributed by atoms with Gasteiger partial charge in [0.25, 0.3) is 0 Å². The minimum Gasteiger partial charge on any atom is -0.497 e. The van der Waals surface area contributed by atoms with E-state index < -0.39 is 0 Å². The normalized spacial score (nSPS) is 14.6. The van der Waals surface area contributed by atoms with E-state index in [4.69, 9.17) is 9.72 Å². The number of nitrogens with zero attached hydrogens (tertiary/aromatic N) is 3. The van der Waals surface area contributed by atoms with Crippen LogP contribution in [0.3, 0.4) is 0 Å². The molecule has 1 aliphatic heterocycles.